The molecule has 8 nitrogen and oxygen atoms in total. The van der Waals surface area contributed by atoms with E-state index in [1.807, 2.05) is 12.1 Å². The number of nitrogens with one attached hydrogen (secondary N) is 1. The van der Waals surface area contributed by atoms with Crippen LogP contribution in [-0.2, 0) is 14.3 Å². The molecule has 0 aliphatic carbocycles. The molecule has 3 heterocycles. The van der Waals surface area contributed by atoms with Gasteiger partial charge < -0.3 is 24.6 Å². The fourth-order valence-electron chi connectivity index (χ4n) is 3.19. The fourth-order valence-corrected chi connectivity index (χ4v) is 3.19. The van der Waals surface area contributed by atoms with Crippen LogP contribution in [0.3, 0.4) is 0 Å². The van der Waals surface area contributed by atoms with Crippen LogP contribution >= 0.6 is 12.4 Å². The van der Waals surface area contributed by atoms with Gasteiger partial charge in [0.05, 0.1) is 19.1 Å². The van der Waals surface area contributed by atoms with Gasteiger partial charge in [-0.05, 0) is 38.1 Å². The average molecular weight is 399 g/mol. The summed E-state index contributed by atoms with van der Waals surface area (Å²) in [5.41, 5.74) is 1.08. The summed E-state index contributed by atoms with van der Waals surface area (Å²) in [7, 11) is 0. The number of hydrogen-bond donors (Lipinski definition) is 1. The number of ether oxygens (including phenoxy) is 2. The summed E-state index contributed by atoms with van der Waals surface area (Å²) < 4.78 is 10.6. The van der Waals surface area contributed by atoms with Gasteiger partial charge in [-0.2, -0.15) is 0 Å². The summed E-state index contributed by atoms with van der Waals surface area (Å²) in [4.78, 5) is 31.7. The first kappa shape index (κ1) is 21.4. The number of anilines is 1. The number of piperidine rings is 1. The Hall–Kier alpha value is -1.90. The molecule has 0 radical (unpaired) electrons. The molecule has 1 N–H and O–H groups in total. The number of pyridine rings is 1. The maximum Gasteiger partial charge on any atom is 0.417 e. The van der Waals surface area contributed by atoms with Crippen LogP contribution in [-0.4, -0.2) is 73.9 Å². The minimum Gasteiger partial charge on any atom is -0.378 e. The summed E-state index contributed by atoms with van der Waals surface area (Å²) >= 11 is 0. The molecule has 0 atom stereocenters. The highest BCUT2D eigenvalue weighted by molar-refractivity contribution is 5.85. The number of halogens is 1. The number of carbonyl (C=O) groups is 2. The van der Waals surface area contributed by atoms with Gasteiger partial charge in [0.2, 0.25) is 0 Å². The van der Waals surface area contributed by atoms with E-state index < -0.39 is 12.1 Å². The van der Waals surface area contributed by atoms with Crippen LogP contribution in [0.5, 0.6) is 0 Å². The summed E-state index contributed by atoms with van der Waals surface area (Å²) in [6.45, 7) is 4.64. The molecule has 0 aromatic carbocycles. The second-order valence-corrected chi connectivity index (χ2v) is 6.49. The lowest BCUT2D eigenvalue weighted by Crippen LogP contribution is -2.49. The van der Waals surface area contributed by atoms with Crippen molar-refractivity contribution in [2.24, 2.45) is 0 Å². The van der Waals surface area contributed by atoms with E-state index in [1.165, 1.54) is 0 Å². The second-order valence-electron chi connectivity index (χ2n) is 6.49. The quantitative estimate of drug-likeness (QED) is 0.593. The lowest BCUT2D eigenvalue weighted by molar-refractivity contribution is -0.140. The highest BCUT2D eigenvalue weighted by Crippen LogP contribution is 2.15. The number of amides is 1. The smallest absolute Gasteiger partial charge is 0.378 e. The van der Waals surface area contributed by atoms with Crippen LogP contribution in [0.25, 0.3) is 0 Å². The second kappa shape index (κ2) is 11.1. The third-order valence-corrected chi connectivity index (χ3v) is 4.71. The summed E-state index contributed by atoms with van der Waals surface area (Å²) in [5.74, 6) is -0.527. The van der Waals surface area contributed by atoms with Crippen molar-refractivity contribution in [2.75, 3.05) is 50.8 Å². The van der Waals surface area contributed by atoms with Crippen molar-refractivity contribution in [1.82, 2.24) is 15.2 Å². The van der Waals surface area contributed by atoms with Gasteiger partial charge in [0.15, 0.2) is 0 Å². The van der Waals surface area contributed by atoms with Gasteiger partial charge in [0, 0.05) is 44.3 Å². The molecule has 2 aliphatic heterocycles. The van der Waals surface area contributed by atoms with Gasteiger partial charge in [0.25, 0.3) is 0 Å². The zero-order valence-corrected chi connectivity index (χ0v) is 16.2. The molecule has 1 aromatic rings. The molecule has 2 saturated heterocycles. The largest absolute Gasteiger partial charge is 0.417 e. The Kier molecular flexibility index (Phi) is 8.77. The van der Waals surface area contributed by atoms with Gasteiger partial charge in [-0.25, -0.2) is 4.79 Å². The number of aromatic nitrogens is 1. The summed E-state index contributed by atoms with van der Waals surface area (Å²) in [6, 6.07) is 3.89. The predicted molar refractivity (Wildman–Crippen MR) is 103 cm³/mol. The Morgan fingerprint density at radius 1 is 1.11 bits per heavy atom. The zero-order chi connectivity index (χ0) is 18.2. The molecule has 0 saturated carbocycles. The van der Waals surface area contributed by atoms with E-state index in [9.17, 15) is 9.59 Å². The lowest BCUT2D eigenvalue weighted by atomic mass is 10.1. The zero-order valence-electron chi connectivity index (χ0n) is 15.3. The fraction of sp³-hybridized carbons (Fsp3) is 0.611. The van der Waals surface area contributed by atoms with E-state index in [1.54, 1.807) is 17.3 Å². The minimum atomic E-state index is -0.564. The van der Waals surface area contributed by atoms with Crippen molar-refractivity contribution in [3.8, 4) is 0 Å². The Morgan fingerprint density at radius 2 is 1.78 bits per heavy atom. The Labute approximate surface area is 165 Å². The standard InChI is InChI=1S/C18H26N4O4.ClH/c23-17(5-14-25-16-3-8-20-9-4-16)26-18(24)22-12-10-21(11-13-22)15-1-6-19-7-2-15;/h1-2,6-7,16,20H,3-5,8-14H2;1H. The minimum absolute atomic E-state index is 0. The SMILES string of the molecule is Cl.O=C(CCOC1CCNCC1)OC(=O)N1CCN(c2ccncc2)CC1. The van der Waals surface area contributed by atoms with Crippen LogP contribution in [0, 0.1) is 0 Å². The van der Waals surface area contributed by atoms with E-state index in [2.05, 4.69) is 15.2 Å². The normalized spacial score (nSPS) is 17.9. The topological polar surface area (TPSA) is 84.0 Å². The van der Waals surface area contributed by atoms with Crippen LogP contribution in [0.15, 0.2) is 24.5 Å². The molecule has 9 heteroatoms. The number of piperazine rings is 1. The predicted octanol–water partition coefficient (Wildman–Crippen LogP) is 1.45. The molecule has 2 fully saturated rings. The maximum atomic E-state index is 12.1. The van der Waals surface area contributed by atoms with Crippen LogP contribution in [0.1, 0.15) is 19.3 Å². The third kappa shape index (κ3) is 6.64. The number of hydrogen-bond acceptors (Lipinski definition) is 7. The van der Waals surface area contributed by atoms with Gasteiger partial charge >= 0.3 is 12.1 Å². The van der Waals surface area contributed by atoms with Gasteiger partial charge in [0.1, 0.15) is 0 Å². The molecule has 150 valence electrons. The highest BCUT2D eigenvalue weighted by atomic mass is 35.5. The molecule has 3 rings (SSSR count). The number of rotatable bonds is 5. The molecular formula is C18H27ClN4O4. The van der Waals surface area contributed by atoms with Gasteiger partial charge in [-0.15, -0.1) is 12.4 Å². The Morgan fingerprint density at radius 3 is 2.44 bits per heavy atom. The first-order chi connectivity index (χ1) is 12.7. The molecule has 27 heavy (non-hydrogen) atoms. The molecule has 0 bridgehead atoms. The lowest BCUT2D eigenvalue weighted by Gasteiger charge is -2.35. The van der Waals surface area contributed by atoms with E-state index in [0.717, 1.165) is 31.6 Å². The monoisotopic (exact) mass is 398 g/mol. The summed E-state index contributed by atoms with van der Waals surface area (Å²) in [6.07, 6.45) is 5.14. The average Bonchev–Trinajstić information content (AvgIpc) is 2.69. The third-order valence-electron chi connectivity index (χ3n) is 4.71. The van der Waals surface area contributed by atoms with E-state index in [0.29, 0.717) is 32.8 Å². The molecule has 1 amide bonds. The highest BCUT2D eigenvalue weighted by Gasteiger charge is 2.24. The van der Waals surface area contributed by atoms with Crippen molar-refractivity contribution in [1.29, 1.82) is 0 Å². The van der Waals surface area contributed by atoms with Gasteiger partial charge in [-0.1, -0.05) is 0 Å². The maximum absolute atomic E-state index is 12.1. The van der Waals surface area contributed by atoms with Crippen molar-refractivity contribution < 1.29 is 19.1 Å². The van der Waals surface area contributed by atoms with Crippen molar-refractivity contribution in [3.05, 3.63) is 24.5 Å². The number of nitrogens with zero attached hydrogens (tertiary/aromatic N) is 3. The van der Waals surface area contributed by atoms with Crippen LogP contribution in [0.2, 0.25) is 0 Å². The molecule has 1 aromatic heterocycles. The Balaban J connectivity index is 0.00000261. The van der Waals surface area contributed by atoms with Crippen molar-refractivity contribution >= 4 is 30.2 Å². The summed E-state index contributed by atoms with van der Waals surface area (Å²) in [5, 5.41) is 3.26. The Bertz CT molecular complexity index is 590. The number of esters is 1. The van der Waals surface area contributed by atoms with E-state index in [4.69, 9.17) is 9.47 Å². The van der Waals surface area contributed by atoms with Crippen molar-refractivity contribution in [2.45, 2.75) is 25.4 Å². The van der Waals surface area contributed by atoms with Gasteiger partial charge in [-0.3, -0.25) is 9.78 Å². The first-order valence-electron chi connectivity index (χ1n) is 9.19. The van der Waals surface area contributed by atoms with E-state index >= 15 is 0 Å². The van der Waals surface area contributed by atoms with Crippen LogP contribution < -0.4 is 10.2 Å². The molecular weight excluding hydrogens is 372 g/mol. The molecule has 0 unspecified atom stereocenters. The first-order valence-corrected chi connectivity index (χ1v) is 9.19. The van der Waals surface area contributed by atoms with Crippen molar-refractivity contribution in [3.63, 3.8) is 0 Å². The number of carbonyl (C=O) groups excluding carboxylic acids is 2. The van der Waals surface area contributed by atoms with Crippen LogP contribution in [0.4, 0.5) is 10.5 Å². The molecule has 0 spiro atoms. The van der Waals surface area contributed by atoms with E-state index in [-0.39, 0.29) is 24.9 Å². The molecule has 2 aliphatic rings.